The number of rotatable bonds is 3. The number of hydrogen-bond acceptors (Lipinski definition) is 3. The van der Waals surface area contributed by atoms with Crippen LogP contribution in [0.15, 0.2) is 24.3 Å². The van der Waals surface area contributed by atoms with Crippen LogP contribution in [0.5, 0.6) is 0 Å². The number of para-hydroxylation sites is 1. The second-order valence-corrected chi connectivity index (χ2v) is 6.42. The third-order valence-corrected chi connectivity index (χ3v) is 4.49. The number of benzene rings is 1. The highest BCUT2D eigenvalue weighted by Gasteiger charge is 2.26. The minimum Gasteiger partial charge on any atom is -0.369 e. The summed E-state index contributed by atoms with van der Waals surface area (Å²) in [5.74, 6) is 0.854. The van der Waals surface area contributed by atoms with Gasteiger partial charge in [-0.2, -0.15) is 0 Å². The zero-order chi connectivity index (χ0) is 14.0. The van der Waals surface area contributed by atoms with Crippen molar-refractivity contribution in [1.29, 1.82) is 0 Å². The molecule has 3 nitrogen and oxygen atoms in total. The van der Waals surface area contributed by atoms with Gasteiger partial charge < -0.3 is 5.32 Å². The molecule has 1 heterocycles. The van der Waals surface area contributed by atoms with E-state index < -0.39 is 0 Å². The number of aromatic nitrogens is 2. The highest BCUT2D eigenvalue weighted by atomic mass is 35.5. The number of nitrogens with zero attached hydrogens (tertiary/aromatic N) is 2. The Morgan fingerprint density at radius 3 is 2.70 bits per heavy atom. The van der Waals surface area contributed by atoms with Crippen molar-refractivity contribution in [3.05, 3.63) is 29.5 Å². The first kappa shape index (κ1) is 13.6. The number of halogens is 1. The van der Waals surface area contributed by atoms with E-state index in [-0.39, 0.29) is 0 Å². The van der Waals surface area contributed by atoms with Gasteiger partial charge in [0.1, 0.15) is 5.82 Å². The summed E-state index contributed by atoms with van der Waals surface area (Å²) < 4.78 is 0. The molecule has 0 aliphatic heterocycles. The van der Waals surface area contributed by atoms with Crippen LogP contribution in [0.2, 0.25) is 5.28 Å². The van der Waals surface area contributed by atoms with Gasteiger partial charge in [0.15, 0.2) is 0 Å². The maximum Gasteiger partial charge on any atom is 0.224 e. The van der Waals surface area contributed by atoms with Gasteiger partial charge in [-0.25, -0.2) is 9.97 Å². The van der Waals surface area contributed by atoms with Crippen LogP contribution in [0.3, 0.4) is 0 Å². The van der Waals surface area contributed by atoms with Crippen LogP contribution < -0.4 is 5.32 Å². The van der Waals surface area contributed by atoms with Gasteiger partial charge in [0.05, 0.1) is 5.52 Å². The van der Waals surface area contributed by atoms with Crippen molar-refractivity contribution >= 4 is 28.3 Å². The Hall–Kier alpha value is -1.35. The molecule has 1 aliphatic rings. The summed E-state index contributed by atoms with van der Waals surface area (Å²) in [6.45, 7) is 3.31. The van der Waals surface area contributed by atoms with E-state index in [2.05, 4.69) is 22.2 Å². The molecule has 1 aromatic carbocycles. The average Bonchev–Trinajstić information content (AvgIpc) is 2.45. The largest absolute Gasteiger partial charge is 0.369 e. The highest BCUT2D eigenvalue weighted by Crippen LogP contribution is 2.36. The molecule has 4 heteroatoms. The van der Waals surface area contributed by atoms with E-state index in [1.165, 1.54) is 32.1 Å². The van der Waals surface area contributed by atoms with Crippen molar-refractivity contribution in [2.24, 2.45) is 5.41 Å². The van der Waals surface area contributed by atoms with Crippen molar-refractivity contribution in [3.8, 4) is 0 Å². The van der Waals surface area contributed by atoms with Crippen molar-refractivity contribution < 1.29 is 0 Å². The van der Waals surface area contributed by atoms with E-state index in [0.29, 0.717) is 10.7 Å². The molecule has 0 spiro atoms. The van der Waals surface area contributed by atoms with Gasteiger partial charge in [0, 0.05) is 11.9 Å². The van der Waals surface area contributed by atoms with E-state index in [1.807, 2.05) is 24.3 Å². The first-order valence-corrected chi connectivity index (χ1v) is 7.70. The summed E-state index contributed by atoms with van der Waals surface area (Å²) in [4.78, 5) is 8.62. The van der Waals surface area contributed by atoms with Crippen LogP contribution in [0.4, 0.5) is 5.82 Å². The summed E-state index contributed by atoms with van der Waals surface area (Å²) >= 11 is 6.02. The van der Waals surface area contributed by atoms with Crippen LogP contribution in [0.25, 0.3) is 10.9 Å². The first-order chi connectivity index (χ1) is 9.66. The zero-order valence-corrected chi connectivity index (χ0v) is 12.6. The van der Waals surface area contributed by atoms with Gasteiger partial charge in [-0.05, 0) is 42.0 Å². The Labute approximate surface area is 124 Å². The van der Waals surface area contributed by atoms with Crippen LogP contribution in [-0.2, 0) is 0 Å². The molecular formula is C16H20ClN3. The second-order valence-electron chi connectivity index (χ2n) is 6.08. The molecule has 2 aromatic rings. The number of anilines is 1. The zero-order valence-electron chi connectivity index (χ0n) is 11.8. The van der Waals surface area contributed by atoms with Crippen molar-refractivity contribution in [3.63, 3.8) is 0 Å². The van der Waals surface area contributed by atoms with E-state index in [0.717, 1.165) is 23.3 Å². The fraction of sp³-hybridized carbons (Fsp3) is 0.500. The number of fused-ring (bicyclic) bond motifs is 1. The Kier molecular flexibility index (Phi) is 3.79. The van der Waals surface area contributed by atoms with Gasteiger partial charge in [-0.1, -0.05) is 38.3 Å². The standard InChI is InChI=1S/C16H20ClN3/c1-16(9-5-2-6-10-16)11-18-14-12-7-3-4-8-13(12)19-15(17)20-14/h3-4,7-8H,2,5-6,9-11H2,1H3,(H,18,19,20). The van der Waals surface area contributed by atoms with Crippen molar-refractivity contribution in [1.82, 2.24) is 9.97 Å². The molecule has 1 aromatic heterocycles. The lowest BCUT2D eigenvalue weighted by Crippen LogP contribution is -2.29. The molecule has 1 aliphatic carbocycles. The van der Waals surface area contributed by atoms with Crippen LogP contribution in [0.1, 0.15) is 39.0 Å². The van der Waals surface area contributed by atoms with Gasteiger partial charge in [-0.3, -0.25) is 0 Å². The Morgan fingerprint density at radius 2 is 1.90 bits per heavy atom. The molecule has 1 fully saturated rings. The van der Waals surface area contributed by atoms with Crippen molar-refractivity contribution in [2.45, 2.75) is 39.0 Å². The molecule has 106 valence electrons. The van der Waals surface area contributed by atoms with Crippen molar-refractivity contribution in [2.75, 3.05) is 11.9 Å². The fourth-order valence-corrected chi connectivity index (χ4v) is 3.24. The van der Waals surface area contributed by atoms with E-state index in [4.69, 9.17) is 11.6 Å². The van der Waals surface area contributed by atoms with Gasteiger partial charge >= 0.3 is 0 Å². The Morgan fingerprint density at radius 1 is 1.15 bits per heavy atom. The second kappa shape index (κ2) is 5.57. The fourth-order valence-electron chi connectivity index (χ4n) is 3.06. The monoisotopic (exact) mass is 289 g/mol. The summed E-state index contributed by atoms with van der Waals surface area (Å²) in [5, 5.41) is 4.85. The van der Waals surface area contributed by atoms with E-state index >= 15 is 0 Å². The third-order valence-electron chi connectivity index (χ3n) is 4.32. The molecule has 0 atom stereocenters. The van der Waals surface area contributed by atoms with E-state index in [1.54, 1.807) is 0 Å². The maximum atomic E-state index is 6.02. The first-order valence-electron chi connectivity index (χ1n) is 7.32. The smallest absolute Gasteiger partial charge is 0.224 e. The summed E-state index contributed by atoms with van der Waals surface area (Å²) in [7, 11) is 0. The molecule has 0 saturated heterocycles. The molecule has 1 N–H and O–H groups in total. The normalized spacial score (nSPS) is 18.1. The van der Waals surface area contributed by atoms with Crippen LogP contribution >= 0.6 is 11.6 Å². The van der Waals surface area contributed by atoms with Gasteiger partial charge in [-0.15, -0.1) is 0 Å². The van der Waals surface area contributed by atoms with Gasteiger partial charge in [0.2, 0.25) is 5.28 Å². The molecule has 0 unspecified atom stereocenters. The third kappa shape index (κ3) is 2.88. The lowest BCUT2D eigenvalue weighted by atomic mass is 9.76. The predicted octanol–water partition coefficient (Wildman–Crippen LogP) is 4.67. The minimum atomic E-state index is 0.306. The molecule has 0 amide bonds. The molecular weight excluding hydrogens is 270 g/mol. The lowest BCUT2D eigenvalue weighted by molar-refractivity contribution is 0.233. The Balaban J connectivity index is 1.83. The molecule has 20 heavy (non-hydrogen) atoms. The topological polar surface area (TPSA) is 37.8 Å². The summed E-state index contributed by atoms with van der Waals surface area (Å²) in [6.07, 6.45) is 6.62. The highest BCUT2D eigenvalue weighted by molar-refractivity contribution is 6.28. The minimum absolute atomic E-state index is 0.306. The SMILES string of the molecule is CC1(CNc2nc(Cl)nc3ccccc23)CCCCC1. The summed E-state index contributed by atoms with van der Waals surface area (Å²) in [5.41, 5.74) is 1.26. The molecule has 3 rings (SSSR count). The average molecular weight is 290 g/mol. The van der Waals surface area contributed by atoms with Crippen LogP contribution in [-0.4, -0.2) is 16.5 Å². The lowest BCUT2D eigenvalue weighted by Gasteiger charge is -2.33. The molecule has 1 saturated carbocycles. The van der Waals surface area contributed by atoms with Crippen LogP contribution in [0, 0.1) is 5.41 Å². The quantitative estimate of drug-likeness (QED) is 0.835. The molecule has 0 radical (unpaired) electrons. The number of hydrogen-bond donors (Lipinski definition) is 1. The maximum absolute atomic E-state index is 6.02. The number of nitrogens with one attached hydrogen (secondary N) is 1. The van der Waals surface area contributed by atoms with E-state index in [9.17, 15) is 0 Å². The predicted molar refractivity (Wildman–Crippen MR) is 84.2 cm³/mol. The summed E-state index contributed by atoms with van der Waals surface area (Å²) in [6, 6.07) is 7.98. The van der Waals surface area contributed by atoms with Gasteiger partial charge in [0.25, 0.3) is 0 Å². The molecule has 0 bridgehead atoms. The Bertz CT molecular complexity index is 606.